The summed E-state index contributed by atoms with van der Waals surface area (Å²) in [6.45, 7) is 0. The summed E-state index contributed by atoms with van der Waals surface area (Å²) >= 11 is 6.12. The highest BCUT2D eigenvalue weighted by atomic mass is 35.5. The maximum absolute atomic E-state index is 12.1. The molecule has 0 atom stereocenters. The summed E-state index contributed by atoms with van der Waals surface area (Å²) in [6.07, 6.45) is 5.36. The van der Waals surface area contributed by atoms with Crippen LogP contribution in [0.2, 0.25) is 5.02 Å². The summed E-state index contributed by atoms with van der Waals surface area (Å²) in [5.41, 5.74) is 1.02. The Balaban J connectivity index is 1.64. The lowest BCUT2D eigenvalue weighted by Crippen LogP contribution is -2.13. The molecule has 4 rings (SSSR count). The molecule has 8 heteroatoms. The van der Waals surface area contributed by atoms with E-state index < -0.39 is 0 Å². The summed E-state index contributed by atoms with van der Waals surface area (Å²) in [5.74, 6) is 0.682. The maximum atomic E-state index is 12.1. The van der Waals surface area contributed by atoms with E-state index in [1.165, 1.54) is 6.20 Å². The van der Waals surface area contributed by atoms with E-state index in [1.54, 1.807) is 35.0 Å². The van der Waals surface area contributed by atoms with Gasteiger partial charge >= 0.3 is 0 Å². The monoisotopic (exact) mass is 328 g/mol. The number of halogens is 1. The van der Waals surface area contributed by atoms with E-state index in [1.807, 2.05) is 0 Å². The van der Waals surface area contributed by atoms with E-state index in [-0.39, 0.29) is 11.9 Å². The van der Waals surface area contributed by atoms with Gasteiger partial charge in [0, 0.05) is 29.5 Å². The van der Waals surface area contributed by atoms with Crippen molar-refractivity contribution in [2.24, 2.45) is 0 Å². The largest absolute Gasteiger partial charge is 0.367 e. The van der Waals surface area contributed by atoms with E-state index in [4.69, 9.17) is 11.6 Å². The van der Waals surface area contributed by atoms with Gasteiger partial charge in [0.25, 0.3) is 5.91 Å². The highest BCUT2D eigenvalue weighted by Crippen LogP contribution is 2.27. The van der Waals surface area contributed by atoms with Crippen molar-refractivity contribution in [2.75, 3.05) is 10.6 Å². The van der Waals surface area contributed by atoms with Crippen molar-refractivity contribution in [3.05, 3.63) is 47.2 Å². The van der Waals surface area contributed by atoms with Crippen molar-refractivity contribution in [1.29, 1.82) is 0 Å². The van der Waals surface area contributed by atoms with Crippen LogP contribution >= 0.6 is 11.6 Å². The molecule has 1 fully saturated rings. The maximum Gasteiger partial charge on any atom is 0.259 e. The lowest BCUT2D eigenvalue weighted by molar-refractivity contribution is 0.102. The van der Waals surface area contributed by atoms with Crippen LogP contribution < -0.4 is 10.6 Å². The van der Waals surface area contributed by atoms with Gasteiger partial charge in [-0.15, -0.1) is 5.10 Å². The number of nitrogens with zero attached hydrogens (tertiary/aromatic N) is 4. The molecule has 1 saturated carbocycles. The smallest absolute Gasteiger partial charge is 0.259 e. The topological polar surface area (TPSA) is 84.2 Å². The minimum atomic E-state index is -0.309. The SMILES string of the molecule is O=C(Nc1nc2cc(Cl)cc(NC3CC3)n2n1)c1cccnc1. The van der Waals surface area contributed by atoms with Crippen LogP contribution in [0, 0.1) is 0 Å². The lowest BCUT2D eigenvalue weighted by atomic mass is 10.3. The number of amides is 1. The molecule has 3 aromatic heterocycles. The molecule has 3 heterocycles. The van der Waals surface area contributed by atoms with E-state index in [9.17, 15) is 4.79 Å². The molecule has 0 bridgehead atoms. The number of hydrogen-bond donors (Lipinski definition) is 2. The molecule has 2 N–H and O–H groups in total. The van der Waals surface area contributed by atoms with Crippen LogP contribution in [0.5, 0.6) is 0 Å². The number of rotatable bonds is 4. The molecule has 116 valence electrons. The van der Waals surface area contributed by atoms with Gasteiger partial charge in [-0.2, -0.15) is 9.50 Å². The highest BCUT2D eigenvalue weighted by molar-refractivity contribution is 6.31. The number of carbonyl (C=O) groups excluding carboxylic acids is 1. The summed E-state index contributed by atoms with van der Waals surface area (Å²) in [6, 6.07) is 7.33. The highest BCUT2D eigenvalue weighted by Gasteiger charge is 2.22. The molecule has 0 spiro atoms. The summed E-state index contributed by atoms with van der Waals surface area (Å²) in [7, 11) is 0. The van der Waals surface area contributed by atoms with Gasteiger partial charge in [-0.3, -0.25) is 15.1 Å². The average Bonchev–Trinajstić information content (AvgIpc) is 3.26. The molecule has 0 unspecified atom stereocenters. The Labute approximate surface area is 136 Å². The van der Waals surface area contributed by atoms with Crippen LogP contribution in [0.1, 0.15) is 23.2 Å². The number of nitrogens with one attached hydrogen (secondary N) is 2. The molecule has 23 heavy (non-hydrogen) atoms. The first-order valence-electron chi connectivity index (χ1n) is 7.23. The van der Waals surface area contributed by atoms with Crippen LogP contribution in [0.4, 0.5) is 11.8 Å². The molecular weight excluding hydrogens is 316 g/mol. The fourth-order valence-corrected chi connectivity index (χ4v) is 2.42. The minimum Gasteiger partial charge on any atom is -0.367 e. The van der Waals surface area contributed by atoms with Crippen molar-refractivity contribution in [3.8, 4) is 0 Å². The minimum absolute atomic E-state index is 0.222. The van der Waals surface area contributed by atoms with Crippen molar-refractivity contribution < 1.29 is 4.79 Å². The average molecular weight is 329 g/mol. The van der Waals surface area contributed by atoms with Gasteiger partial charge in [0.05, 0.1) is 5.56 Å². The first-order chi connectivity index (χ1) is 11.2. The quantitative estimate of drug-likeness (QED) is 0.769. The number of fused-ring (bicyclic) bond motifs is 1. The fourth-order valence-electron chi connectivity index (χ4n) is 2.21. The first-order valence-corrected chi connectivity index (χ1v) is 7.61. The predicted octanol–water partition coefficient (Wildman–Crippen LogP) is 2.60. The second-order valence-corrected chi connectivity index (χ2v) is 5.82. The number of aromatic nitrogens is 4. The predicted molar refractivity (Wildman–Crippen MR) is 86.8 cm³/mol. The second-order valence-electron chi connectivity index (χ2n) is 5.38. The van der Waals surface area contributed by atoms with Crippen LogP contribution in [0.15, 0.2) is 36.7 Å². The third-order valence-electron chi connectivity index (χ3n) is 3.48. The summed E-state index contributed by atoms with van der Waals surface area (Å²) in [5, 5.41) is 10.9. The second kappa shape index (κ2) is 5.51. The Morgan fingerprint density at radius 1 is 1.35 bits per heavy atom. The number of anilines is 2. The number of pyridine rings is 2. The first kappa shape index (κ1) is 14.0. The van der Waals surface area contributed by atoms with Crippen molar-refractivity contribution in [2.45, 2.75) is 18.9 Å². The Kier molecular flexibility index (Phi) is 3.34. The third kappa shape index (κ3) is 2.95. The van der Waals surface area contributed by atoms with E-state index in [2.05, 4.69) is 25.7 Å². The van der Waals surface area contributed by atoms with Gasteiger partial charge in [0.2, 0.25) is 5.95 Å². The van der Waals surface area contributed by atoms with Crippen LogP contribution in [-0.2, 0) is 0 Å². The number of hydrogen-bond acceptors (Lipinski definition) is 5. The molecular formula is C15H13ClN6O. The molecule has 3 aromatic rings. The van der Waals surface area contributed by atoms with Crippen LogP contribution in [0.3, 0.4) is 0 Å². The van der Waals surface area contributed by atoms with Gasteiger partial charge in [0.15, 0.2) is 5.65 Å². The zero-order valence-electron chi connectivity index (χ0n) is 12.0. The molecule has 0 radical (unpaired) electrons. The molecule has 0 aromatic carbocycles. The Bertz CT molecular complexity index is 874. The molecule has 7 nitrogen and oxygen atoms in total. The molecule has 1 aliphatic rings. The molecule has 1 amide bonds. The van der Waals surface area contributed by atoms with E-state index >= 15 is 0 Å². The summed E-state index contributed by atoms with van der Waals surface area (Å²) < 4.78 is 1.64. The number of carbonyl (C=O) groups is 1. The van der Waals surface area contributed by atoms with Crippen LogP contribution in [-0.4, -0.2) is 31.5 Å². The van der Waals surface area contributed by atoms with Crippen LogP contribution in [0.25, 0.3) is 5.65 Å². The van der Waals surface area contributed by atoms with Crippen molar-refractivity contribution in [3.63, 3.8) is 0 Å². The van der Waals surface area contributed by atoms with Gasteiger partial charge in [-0.1, -0.05) is 11.6 Å². The van der Waals surface area contributed by atoms with Gasteiger partial charge in [-0.25, -0.2) is 0 Å². The van der Waals surface area contributed by atoms with E-state index in [0.29, 0.717) is 22.3 Å². The van der Waals surface area contributed by atoms with Gasteiger partial charge < -0.3 is 5.32 Å². The zero-order valence-corrected chi connectivity index (χ0v) is 12.8. The zero-order chi connectivity index (χ0) is 15.8. The van der Waals surface area contributed by atoms with E-state index in [0.717, 1.165) is 18.7 Å². The van der Waals surface area contributed by atoms with Crippen molar-refractivity contribution >= 4 is 34.9 Å². The lowest BCUT2D eigenvalue weighted by Gasteiger charge is -2.06. The Morgan fingerprint density at radius 2 is 2.22 bits per heavy atom. The Hall–Kier alpha value is -2.67. The Morgan fingerprint density at radius 3 is 2.96 bits per heavy atom. The van der Waals surface area contributed by atoms with Gasteiger partial charge in [-0.05, 0) is 31.0 Å². The molecule has 0 aliphatic heterocycles. The summed E-state index contributed by atoms with van der Waals surface area (Å²) in [4.78, 5) is 20.4. The standard InChI is InChI=1S/C15H13ClN6O/c16-10-6-12(18-11-3-4-11)22-13(7-10)19-15(21-22)20-14(23)9-2-1-5-17-8-9/h1-2,5-8,11,18H,3-4H2,(H,20,21,23). The normalized spacial score (nSPS) is 14.0. The third-order valence-corrected chi connectivity index (χ3v) is 3.70. The van der Waals surface area contributed by atoms with Crippen molar-refractivity contribution in [1.82, 2.24) is 19.6 Å². The fraction of sp³-hybridized carbons (Fsp3) is 0.200. The van der Waals surface area contributed by atoms with Gasteiger partial charge in [0.1, 0.15) is 5.82 Å². The molecule has 1 aliphatic carbocycles. The molecule has 0 saturated heterocycles.